The number of hydrogen-bond acceptors (Lipinski definition) is 1. The zero-order valence-electron chi connectivity index (χ0n) is 8.31. The van der Waals surface area contributed by atoms with E-state index >= 15 is 0 Å². The molecule has 1 nitrogen and oxygen atoms in total. The molecule has 0 radical (unpaired) electrons. The molecule has 0 aromatic rings. The van der Waals surface area contributed by atoms with Gasteiger partial charge in [0.05, 0.1) is 0 Å². The van der Waals surface area contributed by atoms with Crippen molar-refractivity contribution >= 4 is 11.2 Å². The van der Waals surface area contributed by atoms with Crippen LogP contribution in [0.15, 0.2) is 0 Å². The van der Waals surface area contributed by atoms with E-state index in [0.717, 1.165) is 12.8 Å². The molecule has 0 saturated heterocycles. The summed E-state index contributed by atoms with van der Waals surface area (Å²) in [5, 5.41) is 0.338. The first-order valence-electron chi connectivity index (χ1n) is 4.36. The van der Waals surface area contributed by atoms with Gasteiger partial charge in [0.25, 0.3) is 0 Å². The highest BCUT2D eigenvalue weighted by Gasteiger charge is 2.32. The zero-order chi connectivity index (χ0) is 9.07. The summed E-state index contributed by atoms with van der Waals surface area (Å²) < 4.78 is 11.7. The smallest absolute Gasteiger partial charge is 0.120 e. The maximum Gasteiger partial charge on any atom is 0.120 e. The second-order valence-corrected chi connectivity index (χ2v) is 6.13. The highest BCUT2D eigenvalue weighted by atomic mass is 32.2. The maximum atomic E-state index is 11.7. The summed E-state index contributed by atoms with van der Waals surface area (Å²) in [7, 11) is 0. The molecule has 0 saturated carbocycles. The Morgan fingerprint density at radius 1 is 1.36 bits per heavy atom. The van der Waals surface area contributed by atoms with Crippen LogP contribution >= 0.6 is 0 Å². The molecule has 0 N–H and O–H groups in total. The van der Waals surface area contributed by atoms with Gasteiger partial charge in [-0.05, 0) is 44.8 Å². The Bertz CT molecular complexity index is 112. The van der Waals surface area contributed by atoms with Crippen LogP contribution < -0.4 is 0 Å². The second kappa shape index (κ2) is 4.36. The maximum absolute atomic E-state index is 11.7. The van der Waals surface area contributed by atoms with Crippen LogP contribution in [0.3, 0.4) is 0 Å². The average Bonchev–Trinajstić information content (AvgIpc) is 2.01. The molecule has 0 aliphatic rings. The van der Waals surface area contributed by atoms with Crippen molar-refractivity contribution in [3.8, 4) is 0 Å². The lowest BCUT2D eigenvalue weighted by atomic mass is 10.1. The first-order chi connectivity index (χ1) is 4.95. The van der Waals surface area contributed by atoms with Gasteiger partial charge >= 0.3 is 0 Å². The Hall–Kier alpha value is 0.310. The molecular weight excluding hydrogens is 156 g/mol. The van der Waals surface area contributed by atoms with Crippen LogP contribution in [0, 0.1) is 0 Å². The topological polar surface area (TPSA) is 23.1 Å². The van der Waals surface area contributed by atoms with Gasteiger partial charge in [-0.15, -0.1) is 0 Å². The summed E-state index contributed by atoms with van der Waals surface area (Å²) in [6, 6.07) is 0. The van der Waals surface area contributed by atoms with Crippen molar-refractivity contribution in [3.05, 3.63) is 0 Å². The van der Waals surface area contributed by atoms with Crippen molar-refractivity contribution in [3.63, 3.8) is 0 Å². The Morgan fingerprint density at radius 2 is 1.82 bits per heavy atom. The molecule has 0 spiro atoms. The lowest BCUT2D eigenvalue weighted by Crippen LogP contribution is -2.37. The van der Waals surface area contributed by atoms with Gasteiger partial charge in [0.2, 0.25) is 0 Å². The lowest BCUT2D eigenvalue weighted by Gasteiger charge is -2.31. The molecule has 0 aliphatic carbocycles. The van der Waals surface area contributed by atoms with Gasteiger partial charge in [-0.1, -0.05) is 13.8 Å². The third-order valence-corrected chi connectivity index (χ3v) is 4.78. The van der Waals surface area contributed by atoms with Crippen molar-refractivity contribution in [2.45, 2.75) is 57.5 Å². The molecule has 0 bridgehead atoms. The van der Waals surface area contributed by atoms with Gasteiger partial charge in [0.15, 0.2) is 0 Å². The molecule has 0 unspecified atom stereocenters. The fraction of sp³-hybridized carbons (Fsp3) is 1.00. The molecule has 0 amide bonds. The van der Waals surface area contributed by atoms with E-state index in [9.17, 15) is 4.55 Å². The van der Waals surface area contributed by atoms with Crippen molar-refractivity contribution in [1.29, 1.82) is 0 Å². The van der Waals surface area contributed by atoms with E-state index in [2.05, 4.69) is 34.6 Å². The molecule has 0 heterocycles. The van der Waals surface area contributed by atoms with Crippen LogP contribution in [0.4, 0.5) is 0 Å². The van der Waals surface area contributed by atoms with Gasteiger partial charge in [-0.25, -0.2) is 0 Å². The predicted molar refractivity (Wildman–Crippen MR) is 52.3 cm³/mol. The van der Waals surface area contributed by atoms with Crippen LogP contribution in [-0.4, -0.2) is 14.5 Å². The molecule has 11 heavy (non-hydrogen) atoms. The second-order valence-electron chi connectivity index (χ2n) is 3.63. The van der Waals surface area contributed by atoms with Gasteiger partial charge in [-0.2, -0.15) is 0 Å². The largest absolute Gasteiger partial charge is 0.616 e. The SMILES string of the molecule is CC[C@H](C)[S@@+]([O-])C(C)(C)CC. The summed E-state index contributed by atoms with van der Waals surface area (Å²) in [5.41, 5.74) is 0. The highest BCUT2D eigenvalue weighted by molar-refractivity contribution is 7.93. The van der Waals surface area contributed by atoms with Crippen molar-refractivity contribution in [2.24, 2.45) is 0 Å². The minimum Gasteiger partial charge on any atom is -0.616 e. The lowest BCUT2D eigenvalue weighted by molar-refractivity contribution is 0.524. The molecule has 0 aromatic heterocycles. The predicted octanol–water partition coefficient (Wildman–Crippen LogP) is 2.72. The third-order valence-electron chi connectivity index (χ3n) is 2.34. The first-order valence-corrected chi connectivity index (χ1v) is 5.57. The number of hydrogen-bond donors (Lipinski definition) is 0. The summed E-state index contributed by atoms with van der Waals surface area (Å²) >= 11 is -0.675. The fourth-order valence-electron chi connectivity index (χ4n) is 0.838. The minimum absolute atomic E-state index is 0.00454. The van der Waals surface area contributed by atoms with Crippen molar-refractivity contribution in [2.75, 3.05) is 0 Å². The quantitative estimate of drug-likeness (QED) is 0.604. The summed E-state index contributed by atoms with van der Waals surface area (Å²) in [6.45, 7) is 10.4. The molecule has 68 valence electrons. The Kier molecular flexibility index (Phi) is 4.49. The molecule has 2 atom stereocenters. The van der Waals surface area contributed by atoms with Crippen LogP contribution in [-0.2, 0) is 11.2 Å². The third kappa shape index (κ3) is 3.04. The average molecular weight is 176 g/mol. The van der Waals surface area contributed by atoms with Crippen LogP contribution in [0.5, 0.6) is 0 Å². The molecule has 0 aromatic carbocycles. The van der Waals surface area contributed by atoms with Crippen LogP contribution in [0.2, 0.25) is 0 Å². The summed E-state index contributed by atoms with van der Waals surface area (Å²) in [5.74, 6) is 0. The Balaban J connectivity index is 4.10. The van der Waals surface area contributed by atoms with Gasteiger partial charge in [0, 0.05) is 0 Å². The number of rotatable bonds is 4. The van der Waals surface area contributed by atoms with E-state index in [1.54, 1.807) is 0 Å². The van der Waals surface area contributed by atoms with E-state index in [4.69, 9.17) is 0 Å². The molecule has 0 fully saturated rings. The van der Waals surface area contributed by atoms with Gasteiger partial charge in [0.1, 0.15) is 10.00 Å². The Labute approximate surface area is 73.8 Å². The molecule has 0 rings (SSSR count). The standard InChI is InChI=1S/C9H20OS/c1-6-8(3)11(10)9(4,5)7-2/h8H,6-7H2,1-5H3/t8-,11+/m0/s1. The Morgan fingerprint density at radius 3 is 2.09 bits per heavy atom. The van der Waals surface area contributed by atoms with Crippen molar-refractivity contribution < 1.29 is 4.55 Å². The first kappa shape index (κ1) is 11.3. The summed E-state index contributed by atoms with van der Waals surface area (Å²) in [4.78, 5) is 0. The van der Waals surface area contributed by atoms with E-state index in [0.29, 0.717) is 5.25 Å². The zero-order valence-corrected chi connectivity index (χ0v) is 9.12. The van der Waals surface area contributed by atoms with E-state index in [1.807, 2.05) is 0 Å². The van der Waals surface area contributed by atoms with E-state index < -0.39 is 11.2 Å². The van der Waals surface area contributed by atoms with E-state index in [-0.39, 0.29) is 4.75 Å². The van der Waals surface area contributed by atoms with Crippen LogP contribution in [0.1, 0.15) is 47.5 Å². The van der Waals surface area contributed by atoms with Crippen LogP contribution in [0.25, 0.3) is 0 Å². The molecular formula is C9H20OS. The van der Waals surface area contributed by atoms with E-state index in [1.165, 1.54) is 0 Å². The summed E-state index contributed by atoms with van der Waals surface area (Å²) in [6.07, 6.45) is 2.00. The van der Waals surface area contributed by atoms with Gasteiger partial charge in [-0.3, -0.25) is 0 Å². The molecule has 2 heteroatoms. The molecule has 0 aliphatic heterocycles. The minimum atomic E-state index is -0.675. The monoisotopic (exact) mass is 176 g/mol. The van der Waals surface area contributed by atoms with Gasteiger partial charge < -0.3 is 4.55 Å². The normalized spacial score (nSPS) is 18.0. The fourth-order valence-corrected chi connectivity index (χ4v) is 2.51. The van der Waals surface area contributed by atoms with Crippen molar-refractivity contribution in [1.82, 2.24) is 0 Å². The highest BCUT2D eigenvalue weighted by Crippen LogP contribution is 2.25.